The summed E-state index contributed by atoms with van der Waals surface area (Å²) in [4.78, 5) is 1.12. The van der Waals surface area contributed by atoms with Gasteiger partial charge in [-0.2, -0.15) is 0 Å². The van der Waals surface area contributed by atoms with Crippen LogP contribution < -0.4 is 0 Å². The Balaban J connectivity index is 2.28. The van der Waals surface area contributed by atoms with E-state index in [-0.39, 0.29) is 5.38 Å². The highest BCUT2D eigenvalue weighted by atomic mass is 79.9. The first-order valence-electron chi connectivity index (χ1n) is 5.77. The maximum Gasteiger partial charge on any atom is 0.0887 e. The number of halogens is 3. The predicted molar refractivity (Wildman–Crippen MR) is 85.1 cm³/mol. The van der Waals surface area contributed by atoms with Crippen LogP contribution in [0.5, 0.6) is 0 Å². The van der Waals surface area contributed by atoms with Gasteiger partial charge in [0.1, 0.15) is 0 Å². The molecule has 0 saturated carbocycles. The van der Waals surface area contributed by atoms with Crippen LogP contribution >= 0.6 is 50.5 Å². The summed E-state index contributed by atoms with van der Waals surface area (Å²) in [6, 6.07) is 12.4. The van der Waals surface area contributed by atoms with E-state index in [0.717, 1.165) is 20.1 Å². The minimum atomic E-state index is -0.0359. The topological polar surface area (TPSA) is 0 Å². The van der Waals surface area contributed by atoms with Crippen LogP contribution in [0.2, 0.25) is 5.02 Å². The summed E-state index contributed by atoms with van der Waals surface area (Å²) in [7, 11) is 0. The van der Waals surface area contributed by atoms with Crippen LogP contribution in [-0.4, -0.2) is 0 Å². The Bertz CT molecular complexity index is 490. The second kappa shape index (κ2) is 6.42. The number of hydrogen-bond donors (Lipinski definition) is 0. The Kier molecular flexibility index (Phi) is 5.14. The third-order valence-electron chi connectivity index (χ3n) is 2.96. The zero-order valence-electron chi connectivity index (χ0n) is 9.87. The van der Waals surface area contributed by atoms with Crippen molar-refractivity contribution in [2.75, 3.05) is 0 Å². The third kappa shape index (κ3) is 3.11. The molecule has 1 heterocycles. The largest absolute Gasteiger partial charge is 0.130 e. The van der Waals surface area contributed by atoms with Crippen LogP contribution in [0.4, 0.5) is 0 Å². The second-order valence-corrected chi connectivity index (χ2v) is 7.38. The normalized spacial score (nSPS) is 14.4. The molecular weight excluding hydrogens is 351 g/mol. The van der Waals surface area contributed by atoms with Gasteiger partial charge in [-0.25, -0.2) is 0 Å². The molecule has 2 aromatic rings. The van der Waals surface area contributed by atoms with Crippen molar-refractivity contribution in [2.24, 2.45) is 0 Å². The van der Waals surface area contributed by atoms with Crippen LogP contribution in [0.3, 0.4) is 0 Å². The Labute approximate surface area is 130 Å². The van der Waals surface area contributed by atoms with Gasteiger partial charge in [0.25, 0.3) is 0 Å². The van der Waals surface area contributed by atoms with Crippen LogP contribution in [0, 0.1) is 0 Å². The Hall–Kier alpha value is -0.0200. The van der Waals surface area contributed by atoms with E-state index in [1.165, 1.54) is 5.56 Å². The maximum absolute atomic E-state index is 6.62. The van der Waals surface area contributed by atoms with E-state index in [0.29, 0.717) is 5.92 Å². The van der Waals surface area contributed by atoms with E-state index in [1.807, 2.05) is 12.1 Å². The maximum atomic E-state index is 6.62. The fourth-order valence-corrected chi connectivity index (χ4v) is 4.32. The number of rotatable bonds is 4. The summed E-state index contributed by atoms with van der Waals surface area (Å²) in [6.07, 6.45) is 1.01. The molecule has 1 aromatic heterocycles. The molecule has 4 heteroatoms. The number of thiophene rings is 1. The smallest absolute Gasteiger partial charge is 0.0887 e. The standard InChI is InChI=1S/C14H13BrCl2S/c1-2-10(9-6-4-3-5-7-9)13(17)12-8-11(16)14(15)18-12/h3-8,10,13H,2H2,1H3. The third-order valence-corrected chi connectivity index (χ3v) is 6.18. The molecule has 0 bridgehead atoms. The lowest BCUT2D eigenvalue weighted by atomic mass is 9.92. The van der Waals surface area contributed by atoms with Crippen molar-refractivity contribution in [2.45, 2.75) is 24.6 Å². The quantitative estimate of drug-likeness (QED) is 0.534. The molecule has 2 unspecified atom stereocenters. The second-order valence-electron chi connectivity index (χ2n) is 4.10. The molecule has 0 amide bonds. The monoisotopic (exact) mass is 362 g/mol. The van der Waals surface area contributed by atoms with Crippen molar-refractivity contribution in [3.63, 3.8) is 0 Å². The molecule has 2 atom stereocenters. The minimum Gasteiger partial charge on any atom is -0.130 e. The van der Waals surface area contributed by atoms with Gasteiger partial charge in [0.2, 0.25) is 0 Å². The summed E-state index contributed by atoms with van der Waals surface area (Å²) in [5.74, 6) is 0.314. The molecular formula is C14H13BrCl2S. The molecule has 2 rings (SSSR count). The fourth-order valence-electron chi connectivity index (χ4n) is 2.01. The highest BCUT2D eigenvalue weighted by Gasteiger charge is 2.23. The van der Waals surface area contributed by atoms with Crippen LogP contribution in [0.15, 0.2) is 40.2 Å². The van der Waals surface area contributed by atoms with Gasteiger partial charge in [-0.05, 0) is 34.0 Å². The average molecular weight is 364 g/mol. The molecule has 18 heavy (non-hydrogen) atoms. The Morgan fingerprint density at radius 3 is 2.44 bits per heavy atom. The number of alkyl halides is 1. The van der Waals surface area contributed by atoms with E-state index >= 15 is 0 Å². The van der Waals surface area contributed by atoms with Crippen LogP contribution in [-0.2, 0) is 0 Å². The SMILES string of the molecule is CCC(c1ccccc1)C(Cl)c1cc(Cl)c(Br)s1. The lowest BCUT2D eigenvalue weighted by Crippen LogP contribution is -2.04. The first kappa shape index (κ1) is 14.4. The molecule has 0 spiro atoms. The van der Waals surface area contributed by atoms with Crippen LogP contribution in [0.1, 0.15) is 35.1 Å². The van der Waals surface area contributed by atoms with E-state index in [9.17, 15) is 0 Å². The highest BCUT2D eigenvalue weighted by Crippen LogP contribution is 2.44. The van der Waals surface area contributed by atoms with Gasteiger partial charge in [-0.3, -0.25) is 0 Å². The fraction of sp³-hybridized carbons (Fsp3) is 0.286. The summed E-state index contributed by atoms with van der Waals surface area (Å²) in [5.41, 5.74) is 1.28. The van der Waals surface area contributed by atoms with Gasteiger partial charge in [0.15, 0.2) is 0 Å². The molecule has 0 radical (unpaired) electrons. The first-order valence-corrected chi connectivity index (χ1v) is 8.19. The number of benzene rings is 1. The summed E-state index contributed by atoms with van der Waals surface area (Å²) < 4.78 is 0.952. The zero-order chi connectivity index (χ0) is 13.1. The Morgan fingerprint density at radius 1 is 1.28 bits per heavy atom. The minimum absolute atomic E-state index is 0.0359. The first-order chi connectivity index (χ1) is 8.63. The van der Waals surface area contributed by atoms with Gasteiger partial charge in [-0.1, -0.05) is 48.9 Å². The highest BCUT2D eigenvalue weighted by molar-refractivity contribution is 9.11. The Morgan fingerprint density at radius 2 is 1.94 bits per heavy atom. The summed E-state index contributed by atoms with van der Waals surface area (Å²) in [6.45, 7) is 2.16. The molecule has 96 valence electrons. The van der Waals surface area contributed by atoms with Gasteiger partial charge >= 0.3 is 0 Å². The molecule has 0 nitrogen and oxygen atoms in total. The van der Waals surface area contributed by atoms with Crippen molar-refractivity contribution in [3.05, 3.63) is 55.6 Å². The predicted octanol–water partition coefficient (Wildman–Crippen LogP) is 6.64. The van der Waals surface area contributed by atoms with E-state index in [4.69, 9.17) is 23.2 Å². The van der Waals surface area contributed by atoms with Crippen molar-refractivity contribution >= 4 is 50.5 Å². The molecule has 0 aliphatic carbocycles. The molecule has 0 fully saturated rings. The summed E-state index contributed by atoms with van der Waals surface area (Å²) >= 11 is 17.7. The lowest BCUT2D eigenvalue weighted by molar-refractivity contribution is 0.647. The van der Waals surface area contributed by atoms with E-state index < -0.39 is 0 Å². The van der Waals surface area contributed by atoms with Gasteiger partial charge < -0.3 is 0 Å². The van der Waals surface area contributed by atoms with Gasteiger partial charge in [-0.15, -0.1) is 22.9 Å². The van der Waals surface area contributed by atoms with Crippen molar-refractivity contribution < 1.29 is 0 Å². The molecule has 0 aliphatic rings. The zero-order valence-corrected chi connectivity index (χ0v) is 13.8. The van der Waals surface area contributed by atoms with Gasteiger partial charge in [0, 0.05) is 10.8 Å². The molecule has 0 saturated heterocycles. The molecule has 0 aliphatic heterocycles. The van der Waals surface area contributed by atoms with E-state index in [1.54, 1.807) is 11.3 Å². The number of hydrogen-bond acceptors (Lipinski definition) is 1. The van der Waals surface area contributed by atoms with Crippen molar-refractivity contribution in [3.8, 4) is 0 Å². The lowest BCUT2D eigenvalue weighted by Gasteiger charge is -2.20. The summed E-state index contributed by atoms with van der Waals surface area (Å²) in [5, 5.41) is 0.703. The molecule has 1 aromatic carbocycles. The molecule has 0 N–H and O–H groups in total. The van der Waals surface area contributed by atoms with Crippen LogP contribution in [0.25, 0.3) is 0 Å². The van der Waals surface area contributed by atoms with Gasteiger partial charge in [0.05, 0.1) is 14.2 Å². The van der Waals surface area contributed by atoms with Crippen molar-refractivity contribution in [1.29, 1.82) is 0 Å². The van der Waals surface area contributed by atoms with Crippen molar-refractivity contribution in [1.82, 2.24) is 0 Å². The van der Waals surface area contributed by atoms with E-state index in [2.05, 4.69) is 47.1 Å². The average Bonchev–Trinajstić information content (AvgIpc) is 2.72.